The van der Waals surface area contributed by atoms with Gasteiger partial charge in [0.05, 0.1) is 6.54 Å². The number of sulfonamides is 1. The molecule has 7 heteroatoms. The Kier molecular flexibility index (Phi) is 5.63. The van der Waals surface area contributed by atoms with E-state index in [0.29, 0.717) is 0 Å². The first-order valence-corrected chi connectivity index (χ1v) is 9.90. The van der Waals surface area contributed by atoms with E-state index in [1.54, 1.807) is 29.5 Å². The van der Waals surface area contributed by atoms with Crippen LogP contribution in [0.3, 0.4) is 0 Å². The fourth-order valence-electron chi connectivity index (χ4n) is 2.78. The maximum atomic E-state index is 12.4. The molecule has 2 rings (SSSR count). The second kappa shape index (κ2) is 7.10. The van der Waals surface area contributed by atoms with E-state index in [-0.39, 0.29) is 22.7 Å². The number of hydrogen-bond acceptors (Lipinski definition) is 4. The predicted molar refractivity (Wildman–Crippen MR) is 88.3 cm³/mol. The van der Waals surface area contributed by atoms with Crippen LogP contribution in [0, 0.1) is 5.92 Å². The van der Waals surface area contributed by atoms with Crippen molar-refractivity contribution >= 4 is 27.3 Å². The number of nitrogens with zero attached hydrogens (tertiary/aromatic N) is 2. The minimum Gasteiger partial charge on any atom is -0.342 e. The van der Waals surface area contributed by atoms with Gasteiger partial charge in [-0.3, -0.25) is 4.79 Å². The summed E-state index contributed by atoms with van der Waals surface area (Å²) in [6.07, 6.45) is 4.27. The smallest absolute Gasteiger partial charge is 0.252 e. The number of amides is 1. The fraction of sp³-hybridized carbons (Fsp3) is 0.667. The van der Waals surface area contributed by atoms with Gasteiger partial charge in [-0.25, -0.2) is 8.42 Å². The van der Waals surface area contributed by atoms with Gasteiger partial charge in [-0.2, -0.15) is 4.31 Å². The van der Waals surface area contributed by atoms with E-state index in [1.807, 2.05) is 0 Å². The number of rotatable bonds is 5. The summed E-state index contributed by atoms with van der Waals surface area (Å²) >= 11 is 1.17. The molecule has 22 heavy (non-hydrogen) atoms. The molecular formula is C15H24N2O3S2. The summed E-state index contributed by atoms with van der Waals surface area (Å²) in [5, 5.41) is 1.72. The van der Waals surface area contributed by atoms with E-state index >= 15 is 0 Å². The summed E-state index contributed by atoms with van der Waals surface area (Å²) in [4.78, 5) is 14.1. The van der Waals surface area contributed by atoms with E-state index in [9.17, 15) is 13.2 Å². The van der Waals surface area contributed by atoms with Gasteiger partial charge in [-0.15, -0.1) is 11.3 Å². The third-order valence-corrected chi connectivity index (χ3v) is 7.62. The SMILES string of the molecule is CC1CCC(N(C)C(=O)CN(C)S(=O)(=O)c2cccs2)CC1. The van der Waals surface area contributed by atoms with Crippen molar-refractivity contribution in [3.05, 3.63) is 17.5 Å². The molecule has 1 aliphatic carbocycles. The molecule has 124 valence electrons. The highest BCUT2D eigenvalue weighted by Crippen LogP contribution is 2.27. The molecule has 0 bridgehead atoms. The highest BCUT2D eigenvalue weighted by molar-refractivity contribution is 7.91. The van der Waals surface area contributed by atoms with Crippen LogP contribution in [0.2, 0.25) is 0 Å². The first kappa shape index (κ1) is 17.4. The van der Waals surface area contributed by atoms with Crippen LogP contribution in [-0.4, -0.2) is 50.2 Å². The molecule has 1 aromatic rings. The Bertz CT molecular complexity index is 590. The van der Waals surface area contributed by atoms with E-state index < -0.39 is 10.0 Å². The van der Waals surface area contributed by atoms with Crippen LogP contribution in [0.4, 0.5) is 0 Å². The lowest BCUT2D eigenvalue weighted by Gasteiger charge is -2.34. The zero-order valence-electron chi connectivity index (χ0n) is 13.4. The third kappa shape index (κ3) is 3.88. The molecule has 0 atom stereocenters. The quantitative estimate of drug-likeness (QED) is 0.824. The van der Waals surface area contributed by atoms with Crippen molar-refractivity contribution < 1.29 is 13.2 Å². The van der Waals surface area contributed by atoms with Crippen molar-refractivity contribution in [3.63, 3.8) is 0 Å². The standard InChI is InChI=1S/C15H24N2O3S2/c1-12-6-8-13(9-7-12)17(3)14(18)11-16(2)22(19,20)15-5-4-10-21-15/h4-5,10,12-13H,6-9,11H2,1-3H3. The van der Waals surface area contributed by atoms with Crippen LogP contribution in [0.5, 0.6) is 0 Å². The van der Waals surface area contributed by atoms with Gasteiger partial charge in [0.25, 0.3) is 10.0 Å². The van der Waals surface area contributed by atoms with Crippen molar-refractivity contribution in [3.8, 4) is 0 Å². The first-order chi connectivity index (χ1) is 10.3. The lowest BCUT2D eigenvalue weighted by molar-refractivity contribution is -0.132. The van der Waals surface area contributed by atoms with Gasteiger partial charge >= 0.3 is 0 Å². The van der Waals surface area contributed by atoms with Gasteiger partial charge in [0, 0.05) is 20.1 Å². The second-order valence-corrected chi connectivity index (χ2v) is 9.33. The monoisotopic (exact) mass is 344 g/mol. The Morgan fingerprint density at radius 1 is 1.27 bits per heavy atom. The van der Waals surface area contributed by atoms with Gasteiger partial charge in [0.1, 0.15) is 4.21 Å². The van der Waals surface area contributed by atoms with Crippen LogP contribution >= 0.6 is 11.3 Å². The molecule has 1 heterocycles. The fourth-order valence-corrected chi connectivity index (χ4v) is 5.11. The number of thiophene rings is 1. The van der Waals surface area contributed by atoms with Crippen molar-refractivity contribution in [2.75, 3.05) is 20.6 Å². The lowest BCUT2D eigenvalue weighted by Crippen LogP contribution is -2.44. The topological polar surface area (TPSA) is 57.7 Å². The van der Waals surface area contributed by atoms with Gasteiger partial charge < -0.3 is 4.90 Å². The number of hydrogen-bond donors (Lipinski definition) is 0. The Morgan fingerprint density at radius 2 is 1.91 bits per heavy atom. The van der Waals surface area contributed by atoms with Crippen molar-refractivity contribution in [2.24, 2.45) is 5.92 Å². The Balaban J connectivity index is 1.96. The zero-order chi connectivity index (χ0) is 16.3. The van der Waals surface area contributed by atoms with Crippen LogP contribution < -0.4 is 0 Å². The summed E-state index contributed by atoms with van der Waals surface area (Å²) in [5.74, 6) is 0.587. The normalized spacial score (nSPS) is 22.7. The summed E-state index contributed by atoms with van der Waals surface area (Å²) in [7, 11) is -0.311. The maximum Gasteiger partial charge on any atom is 0.252 e. The molecular weight excluding hydrogens is 320 g/mol. The molecule has 1 aromatic heterocycles. The van der Waals surface area contributed by atoms with Crippen molar-refractivity contribution in [2.45, 2.75) is 42.9 Å². The molecule has 5 nitrogen and oxygen atoms in total. The van der Waals surface area contributed by atoms with E-state index in [1.165, 1.54) is 18.4 Å². The number of likely N-dealkylation sites (N-methyl/N-ethyl adjacent to an activating group) is 2. The highest BCUT2D eigenvalue weighted by Gasteiger charge is 2.28. The Morgan fingerprint density at radius 3 is 2.45 bits per heavy atom. The predicted octanol–water partition coefficient (Wildman–Crippen LogP) is 2.41. The van der Waals surface area contributed by atoms with Crippen molar-refractivity contribution in [1.29, 1.82) is 0 Å². The molecule has 1 fully saturated rings. The second-order valence-electron chi connectivity index (χ2n) is 6.11. The van der Waals surface area contributed by atoms with E-state index in [2.05, 4.69) is 6.92 Å². The van der Waals surface area contributed by atoms with Crippen LogP contribution in [0.25, 0.3) is 0 Å². The van der Waals surface area contributed by atoms with Gasteiger partial charge in [0.15, 0.2) is 0 Å². The first-order valence-electron chi connectivity index (χ1n) is 7.58. The molecule has 0 radical (unpaired) electrons. The van der Waals surface area contributed by atoms with E-state index in [0.717, 1.165) is 35.9 Å². The summed E-state index contributed by atoms with van der Waals surface area (Å²) in [5.41, 5.74) is 0. The zero-order valence-corrected chi connectivity index (χ0v) is 15.0. The molecule has 0 unspecified atom stereocenters. The summed E-state index contributed by atoms with van der Waals surface area (Å²) in [6.45, 7) is 2.13. The summed E-state index contributed by atoms with van der Waals surface area (Å²) in [6, 6.07) is 3.50. The largest absolute Gasteiger partial charge is 0.342 e. The average Bonchev–Trinajstić information content (AvgIpc) is 3.02. The van der Waals surface area contributed by atoms with Crippen LogP contribution in [0.1, 0.15) is 32.6 Å². The van der Waals surface area contributed by atoms with Gasteiger partial charge in [0.2, 0.25) is 5.91 Å². The minimum absolute atomic E-state index is 0.108. The molecule has 1 amide bonds. The van der Waals surface area contributed by atoms with Gasteiger partial charge in [-0.1, -0.05) is 13.0 Å². The van der Waals surface area contributed by atoms with Crippen molar-refractivity contribution in [1.82, 2.24) is 9.21 Å². The Labute approximate surface area is 137 Å². The third-order valence-electron chi connectivity index (χ3n) is 4.44. The minimum atomic E-state index is -3.56. The van der Waals surface area contributed by atoms with E-state index in [4.69, 9.17) is 0 Å². The molecule has 1 saturated carbocycles. The highest BCUT2D eigenvalue weighted by atomic mass is 32.2. The average molecular weight is 345 g/mol. The number of carbonyl (C=O) groups is 1. The van der Waals surface area contributed by atoms with Gasteiger partial charge in [-0.05, 0) is 43.0 Å². The molecule has 0 spiro atoms. The summed E-state index contributed by atoms with van der Waals surface area (Å²) < 4.78 is 26.1. The molecule has 0 N–H and O–H groups in total. The maximum absolute atomic E-state index is 12.4. The molecule has 1 aliphatic rings. The molecule has 0 saturated heterocycles. The van der Waals surface area contributed by atoms with Crippen LogP contribution in [0.15, 0.2) is 21.7 Å². The molecule has 0 aromatic carbocycles. The Hall–Kier alpha value is -0.920. The molecule has 0 aliphatic heterocycles. The van der Waals surface area contributed by atoms with Crippen LogP contribution in [-0.2, 0) is 14.8 Å². The number of carbonyl (C=O) groups excluding carboxylic acids is 1. The lowest BCUT2D eigenvalue weighted by atomic mass is 9.87.